The van der Waals surface area contributed by atoms with Gasteiger partial charge < -0.3 is 4.57 Å². The van der Waals surface area contributed by atoms with E-state index in [2.05, 4.69) is 171 Å². The molecule has 0 spiro atoms. The number of fused-ring (bicyclic) bond motifs is 9. The zero-order valence-corrected chi connectivity index (χ0v) is 35.3. The van der Waals surface area contributed by atoms with Crippen molar-refractivity contribution in [2.24, 2.45) is 0 Å². The molecule has 0 bridgehead atoms. The molecular formula is C57H40N6. The largest absolute Gasteiger partial charge is 0.309 e. The number of aromatic nitrogens is 5. The van der Waals surface area contributed by atoms with Crippen molar-refractivity contribution in [3.8, 4) is 79.4 Å². The smallest absolute Gasteiger partial charge is 0.164 e. The number of hydrogen-bond donors (Lipinski definition) is 0. The molecule has 0 aliphatic heterocycles. The molecule has 0 saturated heterocycles. The minimum Gasteiger partial charge on any atom is -0.309 e. The van der Waals surface area contributed by atoms with Crippen LogP contribution in [0.25, 0.3) is 95.2 Å². The molecule has 63 heavy (non-hydrogen) atoms. The summed E-state index contributed by atoms with van der Waals surface area (Å²) in [4.78, 5) is 20.4. The molecule has 0 radical (unpaired) electrons. The summed E-state index contributed by atoms with van der Waals surface area (Å²) in [6, 6.07) is 59.9. The van der Waals surface area contributed by atoms with Crippen molar-refractivity contribution in [1.82, 2.24) is 24.5 Å². The zero-order chi connectivity index (χ0) is 42.6. The Labute approximate surface area is 365 Å². The summed E-state index contributed by atoms with van der Waals surface area (Å²) in [5.74, 6) is 1.82. The first kappa shape index (κ1) is 36.8. The molecule has 12 rings (SSSR count). The van der Waals surface area contributed by atoms with Gasteiger partial charge in [0.25, 0.3) is 0 Å². The third-order valence-corrected chi connectivity index (χ3v) is 13.6. The van der Waals surface area contributed by atoms with Gasteiger partial charge in [0, 0.05) is 55.7 Å². The molecule has 0 unspecified atom stereocenters. The van der Waals surface area contributed by atoms with E-state index in [9.17, 15) is 5.26 Å². The molecule has 0 atom stereocenters. The Balaban J connectivity index is 1.04. The molecule has 6 nitrogen and oxygen atoms in total. The van der Waals surface area contributed by atoms with Crippen LogP contribution in [-0.2, 0) is 10.8 Å². The Hall–Kier alpha value is -8.01. The fourth-order valence-corrected chi connectivity index (χ4v) is 10.3. The highest BCUT2D eigenvalue weighted by Gasteiger charge is 2.37. The topological polar surface area (TPSA) is 80.3 Å². The van der Waals surface area contributed by atoms with Crippen molar-refractivity contribution in [3.05, 3.63) is 198 Å². The lowest BCUT2D eigenvalue weighted by Crippen LogP contribution is -2.15. The summed E-state index contributed by atoms with van der Waals surface area (Å²) < 4.78 is 2.26. The van der Waals surface area contributed by atoms with Gasteiger partial charge in [-0.15, -0.1) is 0 Å². The Morgan fingerprint density at radius 3 is 1.48 bits per heavy atom. The minimum atomic E-state index is -0.179. The summed E-state index contributed by atoms with van der Waals surface area (Å²) in [5.41, 5.74) is 18.2. The van der Waals surface area contributed by atoms with Gasteiger partial charge in [-0.3, -0.25) is 4.98 Å². The first-order valence-electron chi connectivity index (χ1n) is 21.4. The minimum absolute atomic E-state index is 0.179. The van der Waals surface area contributed by atoms with Crippen LogP contribution in [-0.4, -0.2) is 24.5 Å². The SMILES string of the molecule is CC1(C)c2ccccc2-c2ccc(-c3nc(-c4ccc5c(c4)C(C)(C)c4ccccc4-5)nc(-c4ccc5c(c4)c4cc(C#N)ccc4n5-c4ccc(-c5ccccn5)cc4)n3)cc21. The first-order valence-corrected chi connectivity index (χ1v) is 21.4. The average molecular weight is 809 g/mol. The normalized spacial score (nSPS) is 14.0. The number of nitriles is 1. The lowest BCUT2D eigenvalue weighted by atomic mass is 9.82. The highest BCUT2D eigenvalue weighted by Crippen LogP contribution is 2.51. The monoisotopic (exact) mass is 808 g/mol. The summed E-state index contributed by atoms with van der Waals surface area (Å²) in [6.45, 7) is 9.20. The fraction of sp³-hybridized carbons (Fsp3) is 0.105. The predicted molar refractivity (Wildman–Crippen MR) is 254 cm³/mol. The molecule has 2 aliphatic carbocycles. The Bertz CT molecular complexity index is 3450. The Kier molecular flexibility index (Phi) is 7.88. The number of hydrogen-bond acceptors (Lipinski definition) is 5. The van der Waals surface area contributed by atoms with E-state index in [1.54, 1.807) is 0 Å². The average Bonchev–Trinajstić information content (AvgIpc) is 3.87. The van der Waals surface area contributed by atoms with E-state index >= 15 is 0 Å². The van der Waals surface area contributed by atoms with E-state index in [1.165, 1.54) is 44.5 Å². The Morgan fingerprint density at radius 2 is 0.921 bits per heavy atom. The van der Waals surface area contributed by atoms with E-state index in [-0.39, 0.29) is 10.8 Å². The molecule has 0 N–H and O–H groups in total. The maximum atomic E-state index is 10.0. The number of pyridine rings is 1. The van der Waals surface area contributed by atoms with Crippen molar-refractivity contribution >= 4 is 21.8 Å². The van der Waals surface area contributed by atoms with Gasteiger partial charge in [-0.1, -0.05) is 119 Å². The quantitative estimate of drug-likeness (QED) is 0.173. The van der Waals surface area contributed by atoms with Crippen molar-refractivity contribution in [3.63, 3.8) is 0 Å². The van der Waals surface area contributed by atoms with E-state index < -0.39 is 0 Å². The van der Waals surface area contributed by atoms with E-state index in [4.69, 9.17) is 15.0 Å². The van der Waals surface area contributed by atoms with Gasteiger partial charge in [0.05, 0.1) is 28.4 Å². The third-order valence-electron chi connectivity index (χ3n) is 13.6. The van der Waals surface area contributed by atoms with Crippen molar-refractivity contribution in [2.75, 3.05) is 0 Å². The summed E-state index contributed by atoms with van der Waals surface area (Å²) in [6.07, 6.45) is 1.82. The van der Waals surface area contributed by atoms with Crippen LogP contribution in [0.1, 0.15) is 55.5 Å². The highest BCUT2D eigenvalue weighted by molar-refractivity contribution is 6.11. The Morgan fingerprint density at radius 1 is 0.444 bits per heavy atom. The van der Waals surface area contributed by atoms with Crippen molar-refractivity contribution < 1.29 is 0 Å². The third kappa shape index (κ3) is 5.56. The molecule has 298 valence electrons. The van der Waals surface area contributed by atoms with Gasteiger partial charge >= 0.3 is 0 Å². The summed E-state index contributed by atoms with van der Waals surface area (Å²) in [5, 5.41) is 12.0. The first-order chi connectivity index (χ1) is 30.7. The van der Waals surface area contributed by atoms with Crippen LogP contribution in [0.5, 0.6) is 0 Å². The van der Waals surface area contributed by atoms with E-state index in [0.29, 0.717) is 23.0 Å². The highest BCUT2D eigenvalue weighted by atomic mass is 15.0. The van der Waals surface area contributed by atoms with Crippen LogP contribution in [0, 0.1) is 11.3 Å². The fourth-order valence-electron chi connectivity index (χ4n) is 10.3. The van der Waals surface area contributed by atoms with Gasteiger partial charge in [-0.05, 0) is 117 Å². The van der Waals surface area contributed by atoms with E-state index in [1.807, 2.05) is 42.6 Å². The molecule has 2 aliphatic rings. The molecule has 3 heterocycles. The molecule has 7 aromatic carbocycles. The molecule has 6 heteroatoms. The van der Waals surface area contributed by atoms with Crippen molar-refractivity contribution in [2.45, 2.75) is 38.5 Å². The van der Waals surface area contributed by atoms with Crippen LogP contribution >= 0.6 is 0 Å². The molecule has 0 fully saturated rings. The number of nitrogens with zero attached hydrogens (tertiary/aromatic N) is 6. The summed E-state index contributed by atoms with van der Waals surface area (Å²) >= 11 is 0. The van der Waals surface area contributed by atoms with Gasteiger partial charge in [0.15, 0.2) is 17.5 Å². The second-order valence-corrected chi connectivity index (χ2v) is 17.8. The standard InChI is InChI=1S/C57H40N6/c1-56(2)46-13-7-5-11-40(46)42-24-19-37(31-48(42)56)54-60-53(61-55(62-54)38-20-25-43-41-12-6-8-14-47(41)57(3,4)49(43)32-38)36-21-27-52-45(30-36)44-29-34(33-58)16-26-51(44)63(52)39-22-17-35(18-23-39)50-15-9-10-28-59-50/h5-32H,1-4H3. The maximum absolute atomic E-state index is 10.0. The predicted octanol–water partition coefficient (Wildman–Crippen LogP) is 13.5. The lowest BCUT2D eigenvalue weighted by molar-refractivity contribution is 0.660. The van der Waals surface area contributed by atoms with Crippen LogP contribution in [0.2, 0.25) is 0 Å². The van der Waals surface area contributed by atoms with Crippen LogP contribution in [0.15, 0.2) is 170 Å². The molecular weight excluding hydrogens is 769 g/mol. The van der Waals surface area contributed by atoms with Crippen LogP contribution < -0.4 is 0 Å². The second-order valence-electron chi connectivity index (χ2n) is 17.8. The van der Waals surface area contributed by atoms with Gasteiger partial charge in [0.1, 0.15) is 0 Å². The maximum Gasteiger partial charge on any atom is 0.164 e. The van der Waals surface area contributed by atoms with Gasteiger partial charge in [-0.2, -0.15) is 5.26 Å². The van der Waals surface area contributed by atoms with Crippen LogP contribution in [0.4, 0.5) is 0 Å². The van der Waals surface area contributed by atoms with E-state index in [0.717, 1.165) is 55.4 Å². The lowest BCUT2D eigenvalue weighted by Gasteiger charge is -2.22. The second kappa shape index (κ2) is 13.5. The number of benzene rings is 7. The summed E-state index contributed by atoms with van der Waals surface area (Å²) in [7, 11) is 0. The van der Waals surface area contributed by atoms with Gasteiger partial charge in [0.2, 0.25) is 0 Å². The van der Waals surface area contributed by atoms with Gasteiger partial charge in [-0.25, -0.2) is 15.0 Å². The molecule has 0 saturated carbocycles. The van der Waals surface area contributed by atoms with Crippen molar-refractivity contribution in [1.29, 1.82) is 5.26 Å². The number of rotatable bonds is 5. The molecule has 0 amide bonds. The molecule has 10 aromatic rings. The zero-order valence-electron chi connectivity index (χ0n) is 35.3. The van der Waals surface area contributed by atoms with Crippen LogP contribution in [0.3, 0.4) is 0 Å². The molecule has 3 aromatic heterocycles.